The molecule has 110 valence electrons. The average molecular weight is 294 g/mol. The van der Waals surface area contributed by atoms with Gasteiger partial charge in [0.1, 0.15) is 11.7 Å². The SMILES string of the molecule is CCCCOCCN1C(=O)C2(CC2)NC1c1cccs1. The Labute approximate surface area is 124 Å². The van der Waals surface area contributed by atoms with Crippen LogP contribution in [-0.2, 0) is 9.53 Å². The predicted molar refractivity (Wildman–Crippen MR) is 79.6 cm³/mol. The molecule has 5 heteroatoms. The first-order valence-corrected chi connectivity index (χ1v) is 8.35. The average Bonchev–Trinajstić information content (AvgIpc) is 2.93. The Bertz CT molecular complexity index is 456. The smallest absolute Gasteiger partial charge is 0.244 e. The number of thiophene rings is 1. The van der Waals surface area contributed by atoms with Gasteiger partial charge in [0.15, 0.2) is 0 Å². The van der Waals surface area contributed by atoms with Crippen LogP contribution in [0.2, 0.25) is 0 Å². The normalized spacial score (nSPS) is 23.8. The predicted octanol–water partition coefficient (Wildman–Crippen LogP) is 2.53. The Kier molecular flexibility index (Phi) is 4.10. The molecule has 3 rings (SSSR count). The van der Waals surface area contributed by atoms with E-state index in [0.29, 0.717) is 13.2 Å². The maximum atomic E-state index is 12.5. The van der Waals surface area contributed by atoms with E-state index >= 15 is 0 Å². The summed E-state index contributed by atoms with van der Waals surface area (Å²) >= 11 is 1.70. The van der Waals surface area contributed by atoms with Gasteiger partial charge >= 0.3 is 0 Å². The number of amides is 1. The molecule has 0 aromatic carbocycles. The molecule has 1 unspecified atom stereocenters. The molecule has 1 aromatic heterocycles. The summed E-state index contributed by atoms with van der Waals surface area (Å²) in [5.74, 6) is 0.259. The largest absolute Gasteiger partial charge is 0.380 e. The fourth-order valence-corrected chi connectivity index (χ4v) is 3.48. The van der Waals surface area contributed by atoms with Crippen LogP contribution in [0.25, 0.3) is 0 Å². The van der Waals surface area contributed by atoms with Gasteiger partial charge in [-0.2, -0.15) is 0 Å². The molecule has 20 heavy (non-hydrogen) atoms. The molecule has 1 aliphatic heterocycles. The standard InChI is InChI=1S/C15H22N2O2S/c1-2-3-9-19-10-8-17-13(12-5-4-11-20-12)16-15(6-7-15)14(17)18/h4-5,11,13,16H,2-3,6-10H2,1H3. The van der Waals surface area contributed by atoms with Crippen molar-refractivity contribution in [3.63, 3.8) is 0 Å². The number of hydrogen-bond donors (Lipinski definition) is 1. The lowest BCUT2D eigenvalue weighted by Gasteiger charge is -2.23. The molecule has 4 nitrogen and oxygen atoms in total. The zero-order chi connectivity index (χ0) is 14.0. The quantitative estimate of drug-likeness (QED) is 0.786. The van der Waals surface area contributed by atoms with E-state index in [4.69, 9.17) is 4.74 Å². The van der Waals surface area contributed by atoms with Gasteiger partial charge in [0.2, 0.25) is 5.91 Å². The van der Waals surface area contributed by atoms with Crippen molar-refractivity contribution >= 4 is 17.2 Å². The summed E-state index contributed by atoms with van der Waals surface area (Å²) in [5, 5.41) is 5.59. The summed E-state index contributed by atoms with van der Waals surface area (Å²) in [7, 11) is 0. The fourth-order valence-electron chi connectivity index (χ4n) is 2.69. The van der Waals surface area contributed by atoms with Gasteiger partial charge < -0.3 is 9.64 Å². The van der Waals surface area contributed by atoms with Crippen molar-refractivity contribution in [1.29, 1.82) is 0 Å². The molecule has 1 N–H and O–H groups in total. The Balaban J connectivity index is 1.61. The second-order valence-corrected chi connectivity index (χ2v) is 6.59. The third-order valence-electron chi connectivity index (χ3n) is 4.08. The Morgan fingerprint density at radius 2 is 2.35 bits per heavy atom. The van der Waals surface area contributed by atoms with Crippen molar-refractivity contribution in [3.8, 4) is 0 Å². The Morgan fingerprint density at radius 3 is 3.00 bits per heavy atom. The van der Waals surface area contributed by atoms with Gasteiger partial charge in [0, 0.05) is 18.0 Å². The van der Waals surface area contributed by atoms with Crippen LogP contribution in [0.4, 0.5) is 0 Å². The highest BCUT2D eigenvalue weighted by Crippen LogP contribution is 2.46. The van der Waals surface area contributed by atoms with Gasteiger partial charge in [-0.3, -0.25) is 10.1 Å². The van der Waals surface area contributed by atoms with E-state index in [-0.39, 0.29) is 17.6 Å². The Hall–Kier alpha value is -0.910. The molecule has 2 fully saturated rings. The second-order valence-electron chi connectivity index (χ2n) is 5.61. The molecule has 1 atom stereocenters. The van der Waals surface area contributed by atoms with Crippen LogP contribution in [-0.4, -0.2) is 36.1 Å². The van der Waals surface area contributed by atoms with Crippen LogP contribution in [0.5, 0.6) is 0 Å². The highest BCUT2D eigenvalue weighted by Gasteiger charge is 2.59. The van der Waals surface area contributed by atoms with Crippen LogP contribution >= 0.6 is 11.3 Å². The Morgan fingerprint density at radius 1 is 1.50 bits per heavy atom. The minimum absolute atomic E-state index is 0.0415. The fraction of sp³-hybridized carbons (Fsp3) is 0.667. The lowest BCUT2D eigenvalue weighted by molar-refractivity contribution is -0.131. The van der Waals surface area contributed by atoms with E-state index in [1.165, 1.54) is 4.88 Å². The third-order valence-corrected chi connectivity index (χ3v) is 5.00. The molecular weight excluding hydrogens is 272 g/mol. The zero-order valence-electron chi connectivity index (χ0n) is 11.9. The van der Waals surface area contributed by atoms with Crippen LogP contribution in [0.1, 0.15) is 43.6 Å². The summed E-state index contributed by atoms with van der Waals surface area (Å²) in [6.45, 7) is 4.26. The number of unbranched alkanes of at least 4 members (excludes halogenated alkanes) is 1. The molecule has 1 saturated carbocycles. The molecule has 1 amide bonds. The minimum atomic E-state index is -0.252. The van der Waals surface area contributed by atoms with Crippen LogP contribution < -0.4 is 5.32 Å². The van der Waals surface area contributed by atoms with Crippen LogP contribution in [0.3, 0.4) is 0 Å². The van der Waals surface area contributed by atoms with Crippen molar-refractivity contribution in [1.82, 2.24) is 10.2 Å². The van der Waals surface area contributed by atoms with Gasteiger partial charge in [-0.15, -0.1) is 11.3 Å². The van der Waals surface area contributed by atoms with Gasteiger partial charge in [-0.05, 0) is 30.7 Å². The molecule has 1 saturated heterocycles. The van der Waals surface area contributed by atoms with Gasteiger partial charge in [0.05, 0.1) is 6.61 Å². The van der Waals surface area contributed by atoms with Crippen molar-refractivity contribution in [2.45, 2.75) is 44.3 Å². The molecule has 1 aromatic rings. The lowest BCUT2D eigenvalue weighted by Crippen LogP contribution is -2.34. The first kappa shape index (κ1) is 14.0. The van der Waals surface area contributed by atoms with E-state index in [9.17, 15) is 4.79 Å². The molecule has 0 bridgehead atoms. The van der Waals surface area contributed by atoms with Crippen molar-refractivity contribution in [3.05, 3.63) is 22.4 Å². The maximum absolute atomic E-state index is 12.5. The monoisotopic (exact) mass is 294 g/mol. The van der Waals surface area contributed by atoms with E-state index in [0.717, 1.165) is 32.3 Å². The maximum Gasteiger partial charge on any atom is 0.244 e. The lowest BCUT2D eigenvalue weighted by atomic mass is 10.3. The van der Waals surface area contributed by atoms with Crippen molar-refractivity contribution in [2.75, 3.05) is 19.8 Å². The number of hydrogen-bond acceptors (Lipinski definition) is 4. The van der Waals surface area contributed by atoms with E-state index < -0.39 is 0 Å². The summed E-state index contributed by atoms with van der Waals surface area (Å²) < 4.78 is 5.62. The molecular formula is C15H22N2O2S. The van der Waals surface area contributed by atoms with Crippen LogP contribution in [0.15, 0.2) is 17.5 Å². The molecule has 1 aliphatic carbocycles. The van der Waals surface area contributed by atoms with Gasteiger partial charge in [-0.1, -0.05) is 19.4 Å². The van der Waals surface area contributed by atoms with Gasteiger partial charge in [-0.25, -0.2) is 0 Å². The number of rotatable bonds is 7. The van der Waals surface area contributed by atoms with Crippen molar-refractivity contribution in [2.24, 2.45) is 0 Å². The summed E-state index contributed by atoms with van der Waals surface area (Å²) in [6.07, 6.45) is 4.22. The second kappa shape index (κ2) is 5.84. The molecule has 0 radical (unpaired) electrons. The zero-order valence-corrected chi connectivity index (χ0v) is 12.7. The number of nitrogens with one attached hydrogen (secondary N) is 1. The third kappa shape index (κ3) is 2.62. The van der Waals surface area contributed by atoms with E-state index in [1.807, 2.05) is 11.0 Å². The topological polar surface area (TPSA) is 41.6 Å². The number of carbonyl (C=O) groups excluding carboxylic acids is 1. The van der Waals surface area contributed by atoms with Crippen LogP contribution in [0, 0.1) is 0 Å². The first-order valence-electron chi connectivity index (χ1n) is 7.47. The van der Waals surface area contributed by atoms with Gasteiger partial charge in [0.25, 0.3) is 0 Å². The number of carbonyl (C=O) groups is 1. The number of ether oxygens (including phenoxy) is 1. The van der Waals surface area contributed by atoms with E-state index in [2.05, 4.69) is 23.7 Å². The number of nitrogens with zero attached hydrogens (tertiary/aromatic N) is 1. The minimum Gasteiger partial charge on any atom is -0.380 e. The molecule has 2 heterocycles. The summed E-state index contributed by atoms with van der Waals surface area (Å²) in [4.78, 5) is 15.7. The van der Waals surface area contributed by atoms with E-state index in [1.54, 1.807) is 11.3 Å². The molecule has 2 aliphatic rings. The highest BCUT2D eigenvalue weighted by molar-refractivity contribution is 7.10. The first-order chi connectivity index (χ1) is 9.77. The van der Waals surface area contributed by atoms with Crippen molar-refractivity contribution < 1.29 is 9.53 Å². The molecule has 1 spiro atoms. The summed E-state index contributed by atoms with van der Waals surface area (Å²) in [6, 6.07) is 4.14. The highest BCUT2D eigenvalue weighted by atomic mass is 32.1. The summed E-state index contributed by atoms with van der Waals surface area (Å²) in [5.41, 5.74) is -0.252.